The van der Waals surface area contributed by atoms with Crippen LogP contribution in [-0.4, -0.2) is 31.5 Å². The number of fused-ring (bicyclic) bond motifs is 3. The zero-order valence-electron chi connectivity index (χ0n) is 14.0. The lowest BCUT2D eigenvalue weighted by Gasteiger charge is -2.13. The third kappa shape index (κ3) is 3.18. The first-order chi connectivity index (χ1) is 12.6. The number of nitrogen functional groups attached to an aromatic ring is 2. The Balaban J connectivity index is 1.58. The number of benzene rings is 2. The predicted molar refractivity (Wildman–Crippen MR) is 107 cm³/mol. The van der Waals surface area contributed by atoms with Crippen molar-refractivity contribution in [1.29, 1.82) is 0 Å². The molecule has 0 saturated heterocycles. The van der Waals surface area contributed by atoms with E-state index in [1.165, 1.54) is 28.6 Å². The molecule has 132 valence electrons. The van der Waals surface area contributed by atoms with Gasteiger partial charge < -0.3 is 21.1 Å². The van der Waals surface area contributed by atoms with Gasteiger partial charge in [-0.15, -0.1) is 0 Å². The largest absolute Gasteiger partial charge is 0.390 e. The maximum atomic E-state index is 10.6. The molecule has 1 atom stereocenters. The second-order valence-corrected chi connectivity index (χ2v) is 7.10. The van der Waals surface area contributed by atoms with Gasteiger partial charge in [-0.25, -0.2) is 9.97 Å². The Morgan fingerprint density at radius 1 is 0.923 bits per heavy atom. The van der Waals surface area contributed by atoms with E-state index in [9.17, 15) is 5.11 Å². The highest BCUT2D eigenvalue weighted by Crippen LogP contribution is 2.29. The summed E-state index contributed by atoms with van der Waals surface area (Å²) in [6.45, 7) is 0.485. The summed E-state index contributed by atoms with van der Waals surface area (Å²) in [5.41, 5.74) is 13.6. The molecule has 2 aromatic carbocycles. The second kappa shape index (κ2) is 6.86. The molecule has 2 aromatic heterocycles. The molecule has 6 nitrogen and oxygen atoms in total. The Kier molecular flexibility index (Phi) is 4.40. The van der Waals surface area contributed by atoms with E-state index in [1.54, 1.807) is 0 Å². The van der Waals surface area contributed by atoms with Gasteiger partial charge in [-0.2, -0.15) is 0 Å². The Hall–Kier alpha value is -2.77. The Morgan fingerprint density at radius 2 is 1.46 bits per heavy atom. The van der Waals surface area contributed by atoms with Crippen molar-refractivity contribution >= 4 is 45.2 Å². The molecule has 5 N–H and O–H groups in total. The van der Waals surface area contributed by atoms with Crippen LogP contribution in [0.4, 0.5) is 11.6 Å². The normalized spacial score (nSPS) is 12.7. The molecule has 0 fully saturated rings. The van der Waals surface area contributed by atoms with Gasteiger partial charge in [0, 0.05) is 33.6 Å². The van der Waals surface area contributed by atoms with E-state index in [-0.39, 0.29) is 0 Å². The molecule has 0 aliphatic rings. The van der Waals surface area contributed by atoms with Crippen LogP contribution in [-0.2, 0) is 6.54 Å². The first-order valence-corrected chi connectivity index (χ1v) is 9.27. The number of nitrogens with two attached hydrogens (primary N) is 2. The van der Waals surface area contributed by atoms with E-state index in [0.29, 0.717) is 29.1 Å². The van der Waals surface area contributed by atoms with Gasteiger partial charge in [0.15, 0.2) is 5.16 Å². The quantitative estimate of drug-likeness (QED) is 0.371. The number of anilines is 2. The molecule has 0 bridgehead atoms. The van der Waals surface area contributed by atoms with Crippen molar-refractivity contribution in [2.45, 2.75) is 17.8 Å². The minimum Gasteiger partial charge on any atom is -0.390 e. The van der Waals surface area contributed by atoms with Gasteiger partial charge in [-0.1, -0.05) is 48.2 Å². The molecule has 26 heavy (non-hydrogen) atoms. The molecule has 0 aliphatic heterocycles. The molecule has 7 heteroatoms. The minimum atomic E-state index is -0.564. The molecule has 0 radical (unpaired) electrons. The van der Waals surface area contributed by atoms with Crippen molar-refractivity contribution in [1.82, 2.24) is 14.5 Å². The lowest BCUT2D eigenvalue weighted by Crippen LogP contribution is -2.18. The fraction of sp³-hybridized carbons (Fsp3) is 0.158. The Morgan fingerprint density at radius 3 is 2.04 bits per heavy atom. The van der Waals surface area contributed by atoms with Crippen molar-refractivity contribution in [3.8, 4) is 0 Å². The van der Waals surface area contributed by atoms with Crippen LogP contribution in [0.25, 0.3) is 21.8 Å². The lowest BCUT2D eigenvalue weighted by molar-refractivity contribution is 0.181. The molecule has 4 rings (SSSR count). The summed E-state index contributed by atoms with van der Waals surface area (Å²) in [6, 6.07) is 18.0. The highest BCUT2D eigenvalue weighted by molar-refractivity contribution is 7.99. The van der Waals surface area contributed by atoms with Gasteiger partial charge >= 0.3 is 0 Å². The van der Waals surface area contributed by atoms with Crippen molar-refractivity contribution in [3.63, 3.8) is 0 Å². The van der Waals surface area contributed by atoms with Gasteiger partial charge in [-0.05, 0) is 12.1 Å². The first-order valence-electron chi connectivity index (χ1n) is 8.28. The molecule has 0 spiro atoms. The summed E-state index contributed by atoms with van der Waals surface area (Å²) in [6.07, 6.45) is -0.564. The van der Waals surface area contributed by atoms with E-state index < -0.39 is 6.10 Å². The molecular formula is C19H19N5OS. The summed E-state index contributed by atoms with van der Waals surface area (Å²) < 4.78 is 2.16. The van der Waals surface area contributed by atoms with Gasteiger partial charge in [-0.3, -0.25) is 0 Å². The third-order valence-electron chi connectivity index (χ3n) is 4.22. The van der Waals surface area contributed by atoms with Crippen LogP contribution < -0.4 is 11.5 Å². The lowest BCUT2D eigenvalue weighted by atomic mass is 10.2. The average Bonchev–Trinajstić information content (AvgIpc) is 2.94. The van der Waals surface area contributed by atoms with Crippen molar-refractivity contribution < 1.29 is 5.11 Å². The number of hydrogen-bond acceptors (Lipinski definition) is 6. The van der Waals surface area contributed by atoms with Gasteiger partial charge in [0.05, 0.1) is 12.6 Å². The Labute approximate surface area is 154 Å². The summed E-state index contributed by atoms with van der Waals surface area (Å²) in [4.78, 5) is 8.27. The molecule has 4 aromatic rings. The van der Waals surface area contributed by atoms with E-state index >= 15 is 0 Å². The standard InChI is InChI=1S/C19H19N5OS/c20-17-9-18(21)23-19(22-17)26-11-12(25)10-24-15-7-3-1-5-13(15)14-6-2-4-8-16(14)24/h1-9,12,25H,10-11H2,(H4,20,21,22,23)/t12-/m0/s1. The zero-order chi connectivity index (χ0) is 18.1. The molecule has 2 heterocycles. The number of aliphatic hydroxyl groups excluding tert-OH is 1. The smallest absolute Gasteiger partial charge is 0.191 e. The van der Waals surface area contributed by atoms with Crippen LogP contribution in [0.3, 0.4) is 0 Å². The molecule has 0 amide bonds. The minimum absolute atomic E-state index is 0.330. The first kappa shape index (κ1) is 16.7. The summed E-state index contributed by atoms with van der Waals surface area (Å²) in [5.74, 6) is 1.11. The van der Waals surface area contributed by atoms with E-state index in [4.69, 9.17) is 11.5 Å². The number of nitrogens with zero attached hydrogens (tertiary/aromatic N) is 3. The van der Waals surface area contributed by atoms with Gasteiger partial charge in [0.2, 0.25) is 0 Å². The zero-order valence-corrected chi connectivity index (χ0v) is 14.9. The van der Waals surface area contributed by atoms with Crippen LogP contribution in [0.1, 0.15) is 0 Å². The van der Waals surface area contributed by atoms with Crippen molar-refractivity contribution in [3.05, 3.63) is 54.6 Å². The predicted octanol–water partition coefficient (Wildman–Crippen LogP) is 2.90. The molecular weight excluding hydrogens is 346 g/mol. The van der Waals surface area contributed by atoms with Crippen molar-refractivity contribution in [2.24, 2.45) is 0 Å². The van der Waals surface area contributed by atoms with Gasteiger partial charge in [0.1, 0.15) is 11.6 Å². The number of hydrogen-bond donors (Lipinski definition) is 3. The fourth-order valence-corrected chi connectivity index (χ4v) is 3.95. The van der Waals surface area contributed by atoms with Crippen molar-refractivity contribution in [2.75, 3.05) is 17.2 Å². The van der Waals surface area contributed by atoms with Crippen LogP contribution in [0, 0.1) is 0 Å². The number of rotatable bonds is 5. The van der Waals surface area contributed by atoms with E-state index in [1.807, 2.05) is 24.3 Å². The highest BCUT2D eigenvalue weighted by atomic mass is 32.2. The summed E-state index contributed by atoms with van der Waals surface area (Å²) in [5, 5.41) is 13.4. The maximum absolute atomic E-state index is 10.6. The summed E-state index contributed by atoms with van der Waals surface area (Å²) >= 11 is 1.34. The van der Waals surface area contributed by atoms with Gasteiger partial charge in [0.25, 0.3) is 0 Å². The third-order valence-corrected chi connectivity index (χ3v) is 5.22. The van der Waals surface area contributed by atoms with E-state index in [0.717, 1.165) is 11.0 Å². The highest BCUT2D eigenvalue weighted by Gasteiger charge is 2.14. The maximum Gasteiger partial charge on any atom is 0.191 e. The average molecular weight is 365 g/mol. The SMILES string of the molecule is Nc1cc(N)nc(SC[C@@H](O)Cn2c3ccccc3c3ccccc32)n1. The number of thioether (sulfide) groups is 1. The molecule has 0 unspecified atom stereocenters. The fourth-order valence-electron chi connectivity index (χ4n) is 3.16. The van der Waals surface area contributed by atoms with E-state index in [2.05, 4.69) is 38.8 Å². The van der Waals surface area contributed by atoms with Crippen LogP contribution in [0.2, 0.25) is 0 Å². The monoisotopic (exact) mass is 365 g/mol. The second-order valence-electron chi connectivity index (χ2n) is 6.11. The van der Waals surface area contributed by atoms with Crippen LogP contribution in [0.5, 0.6) is 0 Å². The van der Waals surface area contributed by atoms with Crippen LogP contribution >= 0.6 is 11.8 Å². The number of aliphatic hydroxyl groups is 1. The number of para-hydroxylation sites is 2. The van der Waals surface area contributed by atoms with Crippen LogP contribution in [0.15, 0.2) is 59.8 Å². The Bertz CT molecular complexity index is 1000. The molecule has 0 aliphatic carbocycles. The topological polar surface area (TPSA) is 103 Å². The summed E-state index contributed by atoms with van der Waals surface area (Å²) in [7, 11) is 0. The molecule has 0 saturated carbocycles. The number of aromatic nitrogens is 3.